The fourth-order valence-corrected chi connectivity index (χ4v) is 3.32. The normalized spacial score (nSPS) is 20.0. The van der Waals surface area contributed by atoms with E-state index in [0.717, 1.165) is 23.4 Å². The van der Waals surface area contributed by atoms with Crippen LogP contribution in [0.5, 0.6) is 0 Å². The van der Waals surface area contributed by atoms with Crippen LogP contribution in [0.1, 0.15) is 29.8 Å². The third-order valence-electron chi connectivity index (χ3n) is 4.80. The lowest BCUT2D eigenvalue weighted by Gasteiger charge is -2.24. The number of hydrogen-bond acceptors (Lipinski definition) is 4. The molecular weight excluding hydrogens is 321 g/mol. The van der Waals surface area contributed by atoms with E-state index in [2.05, 4.69) is 16.0 Å². The molecule has 2 unspecified atom stereocenters. The van der Waals surface area contributed by atoms with Crippen LogP contribution in [0.4, 0.5) is 4.39 Å². The van der Waals surface area contributed by atoms with E-state index in [1.807, 2.05) is 30.8 Å². The van der Waals surface area contributed by atoms with Crippen LogP contribution in [0.3, 0.4) is 0 Å². The highest BCUT2D eigenvalue weighted by Gasteiger charge is 2.35. The van der Waals surface area contributed by atoms with E-state index in [0.29, 0.717) is 13.1 Å². The largest absolute Gasteiger partial charge is 0.341 e. The molecule has 0 bridgehead atoms. The highest BCUT2D eigenvalue weighted by Crippen LogP contribution is 2.27. The van der Waals surface area contributed by atoms with Crippen molar-refractivity contribution in [3.63, 3.8) is 0 Å². The van der Waals surface area contributed by atoms with Crippen molar-refractivity contribution in [2.75, 3.05) is 13.6 Å². The SMILES string of the molecule is CCn1ncc(CN(C)C(=O)C2CNNC2c2cccc(F)c2)c1C. The lowest BCUT2D eigenvalue weighted by atomic mass is 9.93. The Morgan fingerprint density at radius 1 is 1.48 bits per heavy atom. The lowest BCUT2D eigenvalue weighted by molar-refractivity contribution is -0.134. The number of rotatable bonds is 5. The van der Waals surface area contributed by atoms with Crippen LogP contribution >= 0.6 is 0 Å². The van der Waals surface area contributed by atoms with Gasteiger partial charge in [0.05, 0.1) is 18.2 Å². The number of nitrogens with zero attached hydrogens (tertiary/aromatic N) is 3. The molecule has 1 saturated heterocycles. The highest BCUT2D eigenvalue weighted by atomic mass is 19.1. The van der Waals surface area contributed by atoms with Gasteiger partial charge in [-0.2, -0.15) is 5.10 Å². The Morgan fingerprint density at radius 2 is 2.28 bits per heavy atom. The number of carbonyl (C=O) groups excluding carboxylic acids is 1. The zero-order chi connectivity index (χ0) is 18.0. The van der Waals surface area contributed by atoms with Crippen molar-refractivity contribution in [2.45, 2.75) is 33.0 Å². The van der Waals surface area contributed by atoms with E-state index in [1.54, 1.807) is 18.0 Å². The first-order valence-corrected chi connectivity index (χ1v) is 8.51. The quantitative estimate of drug-likeness (QED) is 0.867. The van der Waals surface area contributed by atoms with Gasteiger partial charge in [-0.05, 0) is 31.5 Å². The van der Waals surface area contributed by atoms with Gasteiger partial charge in [0.1, 0.15) is 5.82 Å². The van der Waals surface area contributed by atoms with Gasteiger partial charge in [-0.15, -0.1) is 0 Å². The minimum atomic E-state index is -0.298. The van der Waals surface area contributed by atoms with Gasteiger partial charge in [0.25, 0.3) is 0 Å². The molecule has 1 fully saturated rings. The predicted octanol–water partition coefficient (Wildman–Crippen LogP) is 1.77. The Kier molecular flexibility index (Phi) is 5.15. The van der Waals surface area contributed by atoms with Gasteiger partial charge in [-0.25, -0.2) is 9.82 Å². The topological polar surface area (TPSA) is 62.2 Å². The van der Waals surface area contributed by atoms with E-state index in [4.69, 9.17) is 0 Å². The summed E-state index contributed by atoms with van der Waals surface area (Å²) in [5.74, 6) is -0.558. The van der Waals surface area contributed by atoms with Crippen molar-refractivity contribution in [2.24, 2.45) is 5.92 Å². The zero-order valence-corrected chi connectivity index (χ0v) is 14.8. The molecule has 0 spiro atoms. The van der Waals surface area contributed by atoms with Crippen molar-refractivity contribution in [1.29, 1.82) is 0 Å². The van der Waals surface area contributed by atoms with Crippen LogP contribution in [0, 0.1) is 18.7 Å². The molecular formula is C18H24FN5O. The van der Waals surface area contributed by atoms with Crippen molar-refractivity contribution < 1.29 is 9.18 Å². The number of hydrazine groups is 1. The van der Waals surface area contributed by atoms with Gasteiger partial charge in [-0.3, -0.25) is 14.9 Å². The third-order valence-corrected chi connectivity index (χ3v) is 4.80. The molecule has 0 saturated carbocycles. The van der Waals surface area contributed by atoms with Crippen LogP contribution in [0.2, 0.25) is 0 Å². The summed E-state index contributed by atoms with van der Waals surface area (Å²) < 4.78 is 15.4. The number of hydrogen-bond donors (Lipinski definition) is 2. The second kappa shape index (κ2) is 7.33. The van der Waals surface area contributed by atoms with Gasteiger partial charge in [0.2, 0.25) is 5.91 Å². The summed E-state index contributed by atoms with van der Waals surface area (Å²) in [6.45, 7) is 5.88. The van der Waals surface area contributed by atoms with Gasteiger partial charge in [0.15, 0.2) is 0 Å². The van der Waals surface area contributed by atoms with E-state index in [9.17, 15) is 9.18 Å². The predicted molar refractivity (Wildman–Crippen MR) is 92.9 cm³/mol. The minimum absolute atomic E-state index is 0.0235. The van der Waals surface area contributed by atoms with E-state index < -0.39 is 0 Å². The van der Waals surface area contributed by atoms with Crippen LogP contribution in [0.15, 0.2) is 30.5 Å². The first-order valence-electron chi connectivity index (χ1n) is 8.51. The fraction of sp³-hybridized carbons (Fsp3) is 0.444. The summed E-state index contributed by atoms with van der Waals surface area (Å²) in [5.41, 5.74) is 9.01. The maximum absolute atomic E-state index is 13.5. The summed E-state index contributed by atoms with van der Waals surface area (Å²) in [6, 6.07) is 6.13. The molecule has 1 aliphatic heterocycles. The maximum atomic E-state index is 13.5. The first-order chi connectivity index (χ1) is 12.0. The Morgan fingerprint density at radius 3 is 2.96 bits per heavy atom. The summed E-state index contributed by atoms with van der Waals surface area (Å²) in [4.78, 5) is 14.6. The van der Waals surface area contributed by atoms with Crippen molar-refractivity contribution in [1.82, 2.24) is 25.5 Å². The number of carbonyl (C=O) groups is 1. The minimum Gasteiger partial charge on any atom is -0.341 e. The summed E-state index contributed by atoms with van der Waals surface area (Å²) >= 11 is 0. The van der Waals surface area contributed by atoms with E-state index >= 15 is 0 Å². The van der Waals surface area contributed by atoms with Crippen LogP contribution in [0.25, 0.3) is 0 Å². The van der Waals surface area contributed by atoms with Gasteiger partial charge in [0, 0.05) is 37.9 Å². The molecule has 2 heterocycles. The molecule has 7 heteroatoms. The van der Waals surface area contributed by atoms with Crippen LogP contribution in [-0.4, -0.2) is 34.2 Å². The smallest absolute Gasteiger partial charge is 0.229 e. The van der Waals surface area contributed by atoms with Crippen molar-refractivity contribution in [3.05, 3.63) is 53.1 Å². The Balaban J connectivity index is 1.73. The summed E-state index contributed by atoms with van der Waals surface area (Å²) in [5, 5.41) is 4.33. The van der Waals surface area contributed by atoms with Crippen LogP contribution < -0.4 is 10.9 Å². The maximum Gasteiger partial charge on any atom is 0.229 e. The summed E-state index contributed by atoms with van der Waals surface area (Å²) in [6.07, 6.45) is 1.82. The standard InChI is InChI=1S/C18H24FN5O/c1-4-24-12(2)14(9-21-24)11-23(3)18(25)16-10-20-22-17(16)13-6-5-7-15(19)8-13/h5-9,16-17,20,22H,4,10-11H2,1-3H3. The van der Waals surface area contributed by atoms with E-state index in [-0.39, 0.29) is 23.7 Å². The van der Waals surface area contributed by atoms with Gasteiger partial charge >= 0.3 is 0 Å². The lowest BCUT2D eigenvalue weighted by Crippen LogP contribution is -2.36. The fourth-order valence-electron chi connectivity index (χ4n) is 3.32. The number of halogens is 1. The second-order valence-corrected chi connectivity index (χ2v) is 6.43. The molecule has 1 aliphatic rings. The monoisotopic (exact) mass is 345 g/mol. The molecule has 0 radical (unpaired) electrons. The highest BCUT2D eigenvalue weighted by molar-refractivity contribution is 5.80. The molecule has 2 aromatic rings. The number of benzene rings is 1. The number of amides is 1. The molecule has 1 amide bonds. The summed E-state index contributed by atoms with van der Waals surface area (Å²) in [7, 11) is 1.80. The zero-order valence-electron chi connectivity index (χ0n) is 14.8. The molecule has 2 atom stereocenters. The Hall–Kier alpha value is -2.25. The van der Waals surface area contributed by atoms with E-state index in [1.165, 1.54) is 12.1 Å². The number of nitrogens with one attached hydrogen (secondary N) is 2. The van der Waals surface area contributed by atoms with Gasteiger partial charge < -0.3 is 4.90 Å². The molecule has 1 aromatic heterocycles. The van der Waals surface area contributed by atoms with Crippen molar-refractivity contribution in [3.8, 4) is 0 Å². The number of aromatic nitrogens is 2. The molecule has 0 aliphatic carbocycles. The Labute approximate surface area is 147 Å². The first kappa shape index (κ1) is 17.6. The Bertz CT molecular complexity index is 760. The number of aryl methyl sites for hydroxylation is 1. The van der Waals surface area contributed by atoms with Gasteiger partial charge in [-0.1, -0.05) is 12.1 Å². The molecule has 6 nitrogen and oxygen atoms in total. The molecule has 3 rings (SSSR count). The molecule has 25 heavy (non-hydrogen) atoms. The third kappa shape index (κ3) is 3.57. The second-order valence-electron chi connectivity index (χ2n) is 6.43. The average molecular weight is 345 g/mol. The van der Waals surface area contributed by atoms with Crippen LogP contribution in [-0.2, 0) is 17.9 Å². The van der Waals surface area contributed by atoms with Crippen molar-refractivity contribution >= 4 is 5.91 Å². The average Bonchev–Trinajstić information content (AvgIpc) is 3.22. The molecule has 134 valence electrons. The molecule has 2 N–H and O–H groups in total. The molecule has 1 aromatic carbocycles.